The lowest BCUT2D eigenvalue weighted by molar-refractivity contribution is 0.0400. The summed E-state index contributed by atoms with van der Waals surface area (Å²) in [5, 5.41) is 0. The van der Waals surface area contributed by atoms with Gasteiger partial charge in [0.05, 0.1) is 30.7 Å². The molecule has 2 aliphatic carbocycles. The van der Waals surface area contributed by atoms with E-state index in [4.69, 9.17) is 4.98 Å². The molecular formula is C36H41F2N5O2. The minimum atomic E-state index is -1.05. The van der Waals surface area contributed by atoms with Gasteiger partial charge in [-0.2, -0.15) is 0 Å². The van der Waals surface area contributed by atoms with Gasteiger partial charge in [-0.15, -0.1) is 0 Å². The standard InChI is InChI=1S/C34H35F2N5O2.C2H6/c35-24-8-9-27(28(15-24)33(42)40-16-25(36)17-40)23-12-22(20-4-5-20)13-26(14-23)41-18-29(21-6-7-21)31-32(34(41)43)38-30(37-31)19-39-10-2-1-3-11-39;1-2/h8-9,12-15,18,20-21,25H,1-7,10-11,16-17,19H2,(H,37,38);1-2H3. The molecule has 8 rings (SSSR count). The Labute approximate surface area is 262 Å². The number of carbonyl (C=O) groups excluding carboxylic acids is 1. The Hall–Kier alpha value is -3.85. The normalized spacial score (nSPS) is 18.9. The number of piperidine rings is 1. The largest absolute Gasteiger partial charge is 0.336 e. The molecule has 1 N–H and O–H groups in total. The molecular weight excluding hydrogens is 572 g/mol. The summed E-state index contributed by atoms with van der Waals surface area (Å²) in [6, 6.07) is 10.3. The predicted octanol–water partition coefficient (Wildman–Crippen LogP) is 7.08. The first-order valence-corrected chi connectivity index (χ1v) is 16.7. The fraction of sp³-hybridized carbons (Fsp3) is 0.472. The fourth-order valence-corrected chi connectivity index (χ4v) is 6.74. The van der Waals surface area contributed by atoms with E-state index in [-0.39, 0.29) is 30.1 Å². The van der Waals surface area contributed by atoms with Crippen molar-refractivity contribution in [3.8, 4) is 16.8 Å². The molecule has 4 aromatic rings. The number of benzene rings is 2. The number of aromatic amines is 1. The van der Waals surface area contributed by atoms with E-state index in [0.29, 0.717) is 29.5 Å². The van der Waals surface area contributed by atoms with Gasteiger partial charge in [-0.25, -0.2) is 13.8 Å². The molecule has 2 saturated carbocycles. The molecule has 2 aromatic heterocycles. The van der Waals surface area contributed by atoms with E-state index < -0.39 is 12.0 Å². The molecule has 236 valence electrons. The van der Waals surface area contributed by atoms with Crippen molar-refractivity contribution in [2.24, 2.45) is 0 Å². The van der Waals surface area contributed by atoms with Crippen LogP contribution < -0.4 is 5.56 Å². The first-order valence-electron chi connectivity index (χ1n) is 16.7. The van der Waals surface area contributed by atoms with Gasteiger partial charge in [-0.1, -0.05) is 32.4 Å². The highest BCUT2D eigenvalue weighted by Gasteiger charge is 2.33. The lowest BCUT2D eigenvalue weighted by atomic mass is 9.94. The maximum atomic E-state index is 14.4. The van der Waals surface area contributed by atoms with Crippen LogP contribution >= 0.6 is 0 Å². The summed E-state index contributed by atoms with van der Waals surface area (Å²) >= 11 is 0. The van der Waals surface area contributed by atoms with Crippen LogP contribution in [0.4, 0.5) is 8.78 Å². The highest BCUT2D eigenvalue weighted by molar-refractivity contribution is 6.01. The number of amides is 1. The number of halogens is 2. The summed E-state index contributed by atoms with van der Waals surface area (Å²) in [4.78, 5) is 39.5. The third kappa shape index (κ3) is 5.94. The van der Waals surface area contributed by atoms with Crippen LogP contribution in [0.15, 0.2) is 47.4 Å². The maximum Gasteiger partial charge on any atom is 0.281 e. The molecule has 1 amide bonds. The summed E-state index contributed by atoms with van der Waals surface area (Å²) in [5.74, 6) is 0.695. The van der Waals surface area contributed by atoms with Crippen LogP contribution in [0.5, 0.6) is 0 Å². The molecule has 4 aliphatic rings. The number of likely N-dealkylation sites (tertiary alicyclic amines) is 2. The van der Waals surface area contributed by atoms with E-state index in [2.05, 4.69) is 22.0 Å². The number of hydrogen-bond donors (Lipinski definition) is 1. The van der Waals surface area contributed by atoms with E-state index in [1.54, 1.807) is 10.6 Å². The van der Waals surface area contributed by atoms with Crippen LogP contribution in [-0.4, -0.2) is 62.6 Å². The van der Waals surface area contributed by atoms with Crippen molar-refractivity contribution in [3.05, 3.63) is 81.3 Å². The second kappa shape index (κ2) is 12.2. The minimum absolute atomic E-state index is 0.0193. The third-order valence-electron chi connectivity index (χ3n) is 9.48. The number of aromatic nitrogens is 3. The molecule has 0 unspecified atom stereocenters. The van der Waals surface area contributed by atoms with E-state index in [9.17, 15) is 18.4 Å². The monoisotopic (exact) mass is 613 g/mol. The first kappa shape index (κ1) is 29.8. The molecule has 4 fully saturated rings. The molecule has 45 heavy (non-hydrogen) atoms. The van der Waals surface area contributed by atoms with Crippen LogP contribution in [0.25, 0.3) is 27.8 Å². The van der Waals surface area contributed by atoms with Crippen molar-refractivity contribution >= 4 is 16.9 Å². The van der Waals surface area contributed by atoms with E-state index >= 15 is 0 Å². The highest BCUT2D eigenvalue weighted by Crippen LogP contribution is 2.44. The number of nitrogens with one attached hydrogen (secondary N) is 1. The number of rotatable bonds is 7. The number of nitrogens with zero attached hydrogens (tertiary/aromatic N) is 4. The lowest BCUT2D eigenvalue weighted by Gasteiger charge is -2.34. The number of fused-ring (bicyclic) bond motifs is 1. The molecule has 2 aromatic carbocycles. The molecule has 7 nitrogen and oxygen atoms in total. The predicted molar refractivity (Wildman–Crippen MR) is 172 cm³/mol. The summed E-state index contributed by atoms with van der Waals surface area (Å²) < 4.78 is 29.7. The average Bonchev–Trinajstić information content (AvgIpc) is 3.98. The van der Waals surface area contributed by atoms with Crippen molar-refractivity contribution in [2.75, 3.05) is 26.2 Å². The number of carbonyl (C=O) groups is 1. The van der Waals surface area contributed by atoms with Gasteiger partial charge in [0.25, 0.3) is 11.5 Å². The highest BCUT2D eigenvalue weighted by atomic mass is 19.1. The van der Waals surface area contributed by atoms with Crippen molar-refractivity contribution in [1.82, 2.24) is 24.3 Å². The quantitative estimate of drug-likeness (QED) is 0.242. The molecule has 4 heterocycles. The maximum absolute atomic E-state index is 14.4. The Balaban J connectivity index is 0.00000160. The Morgan fingerprint density at radius 1 is 0.978 bits per heavy atom. The lowest BCUT2D eigenvalue weighted by Crippen LogP contribution is -2.51. The van der Waals surface area contributed by atoms with Gasteiger partial charge in [0.2, 0.25) is 0 Å². The SMILES string of the molecule is CC.O=C(c1cc(F)ccc1-c1cc(C2CC2)cc(-n2cc(C3CC3)c3nc(CN4CCCCC4)[nH]c3c2=O)c1)N1CC(F)C1. The van der Waals surface area contributed by atoms with Gasteiger partial charge in [-0.05, 0) is 104 Å². The summed E-state index contributed by atoms with van der Waals surface area (Å²) in [7, 11) is 0. The van der Waals surface area contributed by atoms with Gasteiger partial charge in [-0.3, -0.25) is 19.1 Å². The second-order valence-corrected chi connectivity index (χ2v) is 12.9. The van der Waals surface area contributed by atoms with Gasteiger partial charge >= 0.3 is 0 Å². The van der Waals surface area contributed by atoms with Crippen LogP contribution in [0, 0.1) is 5.82 Å². The van der Waals surface area contributed by atoms with Gasteiger partial charge < -0.3 is 9.88 Å². The Kier molecular flexibility index (Phi) is 8.06. The second-order valence-electron chi connectivity index (χ2n) is 12.9. The fourth-order valence-electron chi connectivity index (χ4n) is 6.74. The van der Waals surface area contributed by atoms with Gasteiger partial charge in [0.15, 0.2) is 0 Å². The zero-order valence-corrected chi connectivity index (χ0v) is 26.1. The molecule has 0 radical (unpaired) electrons. The molecule has 0 atom stereocenters. The Morgan fingerprint density at radius 3 is 2.40 bits per heavy atom. The number of pyridine rings is 1. The van der Waals surface area contributed by atoms with Gasteiger partial charge in [0.1, 0.15) is 23.3 Å². The Morgan fingerprint density at radius 2 is 1.71 bits per heavy atom. The smallest absolute Gasteiger partial charge is 0.281 e. The number of hydrogen-bond acceptors (Lipinski definition) is 4. The van der Waals surface area contributed by atoms with Crippen molar-refractivity contribution in [3.63, 3.8) is 0 Å². The van der Waals surface area contributed by atoms with Crippen LogP contribution in [0.3, 0.4) is 0 Å². The number of imidazole rings is 1. The van der Waals surface area contributed by atoms with E-state index in [1.165, 1.54) is 36.3 Å². The van der Waals surface area contributed by atoms with Crippen molar-refractivity contribution in [2.45, 2.75) is 83.3 Å². The average molecular weight is 614 g/mol. The van der Waals surface area contributed by atoms with Crippen LogP contribution in [0.1, 0.15) is 97.9 Å². The van der Waals surface area contributed by atoms with Crippen LogP contribution in [-0.2, 0) is 6.54 Å². The first-order chi connectivity index (χ1) is 21.9. The molecule has 9 heteroatoms. The zero-order chi connectivity index (χ0) is 31.2. The topological polar surface area (TPSA) is 74.2 Å². The van der Waals surface area contributed by atoms with Crippen molar-refractivity contribution < 1.29 is 13.6 Å². The summed E-state index contributed by atoms with van der Waals surface area (Å²) in [6.45, 7) is 6.85. The van der Waals surface area contributed by atoms with Crippen molar-refractivity contribution in [1.29, 1.82) is 0 Å². The molecule has 2 aliphatic heterocycles. The summed E-state index contributed by atoms with van der Waals surface area (Å²) in [5.41, 5.74) is 5.60. The zero-order valence-electron chi connectivity index (χ0n) is 26.1. The van der Waals surface area contributed by atoms with Crippen LogP contribution in [0.2, 0.25) is 0 Å². The minimum Gasteiger partial charge on any atom is -0.336 e. The summed E-state index contributed by atoms with van der Waals surface area (Å²) in [6.07, 6.45) is 8.83. The molecule has 0 bridgehead atoms. The molecule has 2 saturated heterocycles. The van der Waals surface area contributed by atoms with E-state index in [0.717, 1.165) is 72.5 Å². The van der Waals surface area contributed by atoms with Gasteiger partial charge in [0, 0.05) is 17.4 Å². The molecule has 0 spiro atoms. The number of alkyl halides is 1. The third-order valence-corrected chi connectivity index (χ3v) is 9.48. The Bertz CT molecular complexity index is 1790. The number of H-pyrrole nitrogens is 1. The van der Waals surface area contributed by atoms with E-state index in [1.807, 2.05) is 26.1 Å².